The van der Waals surface area contributed by atoms with Gasteiger partial charge in [-0.3, -0.25) is 14.4 Å². The molecule has 0 saturated carbocycles. The standard InChI is InChI=1S/C22H21FN2O5/c1-13(2)9-10-24-19(26)12-30-22(29)14-3-8-17-18(11-14)21(28)25(20(17)27)16-6-4-15(23)5-7-16/h3-8,11,13H,9-10,12H2,1-2H3,(H,24,26). The van der Waals surface area contributed by atoms with E-state index < -0.39 is 36.1 Å². The van der Waals surface area contributed by atoms with E-state index in [1.807, 2.05) is 13.8 Å². The lowest BCUT2D eigenvalue weighted by atomic mass is 10.1. The number of amides is 3. The fraction of sp³-hybridized carbons (Fsp3) is 0.273. The van der Waals surface area contributed by atoms with E-state index >= 15 is 0 Å². The van der Waals surface area contributed by atoms with Crippen LogP contribution in [0.3, 0.4) is 0 Å². The molecule has 30 heavy (non-hydrogen) atoms. The van der Waals surface area contributed by atoms with E-state index in [-0.39, 0.29) is 22.4 Å². The number of rotatable bonds is 7. The fourth-order valence-electron chi connectivity index (χ4n) is 2.96. The number of fused-ring (bicyclic) bond motifs is 1. The van der Waals surface area contributed by atoms with Crippen LogP contribution in [0.15, 0.2) is 42.5 Å². The lowest BCUT2D eigenvalue weighted by molar-refractivity contribution is -0.124. The van der Waals surface area contributed by atoms with Gasteiger partial charge in [0, 0.05) is 6.54 Å². The summed E-state index contributed by atoms with van der Waals surface area (Å²) in [5.74, 6) is -2.44. The summed E-state index contributed by atoms with van der Waals surface area (Å²) in [6, 6.07) is 8.92. The monoisotopic (exact) mass is 412 g/mol. The fourth-order valence-corrected chi connectivity index (χ4v) is 2.96. The van der Waals surface area contributed by atoms with Gasteiger partial charge in [-0.25, -0.2) is 14.1 Å². The van der Waals surface area contributed by atoms with Crippen LogP contribution < -0.4 is 10.2 Å². The molecule has 0 fully saturated rings. The number of benzene rings is 2. The Bertz CT molecular complexity index is 1000. The van der Waals surface area contributed by atoms with Crippen molar-refractivity contribution in [3.63, 3.8) is 0 Å². The second kappa shape index (κ2) is 8.86. The highest BCUT2D eigenvalue weighted by Gasteiger charge is 2.37. The minimum absolute atomic E-state index is 0.0418. The van der Waals surface area contributed by atoms with Crippen molar-refractivity contribution in [3.05, 3.63) is 65.0 Å². The molecule has 0 aromatic heterocycles. The first kappa shape index (κ1) is 21.2. The van der Waals surface area contributed by atoms with Crippen LogP contribution in [0.2, 0.25) is 0 Å². The average Bonchev–Trinajstić information content (AvgIpc) is 2.96. The third kappa shape index (κ3) is 4.53. The SMILES string of the molecule is CC(C)CCNC(=O)COC(=O)c1ccc2c(c1)C(=O)N(c1ccc(F)cc1)C2=O. The lowest BCUT2D eigenvalue weighted by Crippen LogP contribution is -2.30. The minimum Gasteiger partial charge on any atom is -0.452 e. The molecule has 0 bridgehead atoms. The number of nitrogens with zero attached hydrogens (tertiary/aromatic N) is 1. The van der Waals surface area contributed by atoms with Crippen molar-refractivity contribution in [3.8, 4) is 0 Å². The molecule has 0 atom stereocenters. The van der Waals surface area contributed by atoms with E-state index in [1.165, 1.54) is 30.3 Å². The van der Waals surface area contributed by atoms with Crippen LogP contribution in [-0.2, 0) is 9.53 Å². The van der Waals surface area contributed by atoms with E-state index in [4.69, 9.17) is 4.74 Å². The van der Waals surface area contributed by atoms with Crippen LogP contribution in [-0.4, -0.2) is 36.8 Å². The molecular formula is C22H21FN2O5. The predicted molar refractivity (Wildman–Crippen MR) is 107 cm³/mol. The maximum absolute atomic E-state index is 13.1. The zero-order valence-electron chi connectivity index (χ0n) is 16.6. The second-order valence-corrected chi connectivity index (χ2v) is 7.29. The molecule has 1 aliphatic heterocycles. The molecule has 2 aromatic rings. The van der Waals surface area contributed by atoms with Gasteiger partial charge in [0.2, 0.25) is 0 Å². The van der Waals surface area contributed by atoms with Gasteiger partial charge in [0.15, 0.2) is 6.61 Å². The van der Waals surface area contributed by atoms with E-state index in [2.05, 4.69) is 5.32 Å². The van der Waals surface area contributed by atoms with Crippen molar-refractivity contribution in [2.24, 2.45) is 5.92 Å². The zero-order chi connectivity index (χ0) is 21.8. The number of hydrogen-bond donors (Lipinski definition) is 1. The number of carbonyl (C=O) groups is 4. The van der Waals surface area contributed by atoms with E-state index in [0.29, 0.717) is 12.5 Å². The summed E-state index contributed by atoms with van der Waals surface area (Å²) in [6.07, 6.45) is 0.811. The van der Waals surface area contributed by atoms with Crippen molar-refractivity contribution in [2.75, 3.05) is 18.1 Å². The third-order valence-corrected chi connectivity index (χ3v) is 4.59. The molecular weight excluding hydrogens is 391 g/mol. The molecule has 1 aliphatic rings. The summed E-state index contributed by atoms with van der Waals surface area (Å²) in [5, 5.41) is 2.65. The number of esters is 1. The first-order valence-electron chi connectivity index (χ1n) is 9.50. The van der Waals surface area contributed by atoms with E-state index in [9.17, 15) is 23.6 Å². The molecule has 3 amide bonds. The van der Waals surface area contributed by atoms with Gasteiger partial charge in [-0.15, -0.1) is 0 Å². The molecule has 0 aliphatic carbocycles. The Morgan fingerprint density at radius 3 is 2.37 bits per heavy atom. The number of imide groups is 1. The molecule has 2 aromatic carbocycles. The van der Waals surface area contributed by atoms with Gasteiger partial charge in [-0.2, -0.15) is 0 Å². The predicted octanol–water partition coefficient (Wildman–Crippen LogP) is 2.95. The topological polar surface area (TPSA) is 92.8 Å². The Balaban J connectivity index is 1.68. The number of ether oxygens (including phenoxy) is 1. The lowest BCUT2D eigenvalue weighted by Gasteiger charge is -2.13. The highest BCUT2D eigenvalue weighted by atomic mass is 19.1. The van der Waals surface area contributed by atoms with Gasteiger partial charge in [0.05, 0.1) is 22.4 Å². The Morgan fingerprint density at radius 2 is 1.70 bits per heavy atom. The normalized spacial score (nSPS) is 12.9. The quantitative estimate of drug-likeness (QED) is 0.558. The van der Waals surface area contributed by atoms with Gasteiger partial charge in [0.1, 0.15) is 5.82 Å². The van der Waals surface area contributed by atoms with Crippen LogP contribution in [0.1, 0.15) is 51.3 Å². The number of anilines is 1. The molecule has 0 spiro atoms. The van der Waals surface area contributed by atoms with Crippen molar-refractivity contribution < 1.29 is 28.3 Å². The summed E-state index contributed by atoms with van der Waals surface area (Å²) in [4.78, 5) is 50.2. The van der Waals surface area contributed by atoms with Gasteiger partial charge in [-0.1, -0.05) is 13.8 Å². The Labute approximate surface area is 172 Å². The first-order chi connectivity index (χ1) is 14.3. The molecule has 3 rings (SSSR count). The van der Waals surface area contributed by atoms with Crippen LogP contribution >= 0.6 is 0 Å². The number of halogens is 1. The molecule has 1 heterocycles. The largest absolute Gasteiger partial charge is 0.452 e. The van der Waals surface area contributed by atoms with E-state index in [1.54, 1.807) is 0 Å². The maximum atomic E-state index is 13.1. The Kier molecular flexibility index (Phi) is 6.25. The second-order valence-electron chi connectivity index (χ2n) is 7.29. The minimum atomic E-state index is -0.780. The summed E-state index contributed by atoms with van der Waals surface area (Å²) >= 11 is 0. The first-order valence-corrected chi connectivity index (χ1v) is 9.50. The van der Waals surface area contributed by atoms with Crippen LogP contribution in [0.5, 0.6) is 0 Å². The molecule has 156 valence electrons. The summed E-state index contributed by atoms with van der Waals surface area (Å²) < 4.78 is 18.1. The summed E-state index contributed by atoms with van der Waals surface area (Å²) in [5.41, 5.74) is 0.447. The van der Waals surface area contributed by atoms with Gasteiger partial charge in [0.25, 0.3) is 17.7 Å². The van der Waals surface area contributed by atoms with Crippen LogP contribution in [0, 0.1) is 11.7 Å². The van der Waals surface area contributed by atoms with Crippen molar-refractivity contribution >= 4 is 29.4 Å². The number of nitrogens with one attached hydrogen (secondary N) is 1. The maximum Gasteiger partial charge on any atom is 0.338 e. The van der Waals surface area contributed by atoms with Gasteiger partial charge < -0.3 is 10.1 Å². The Hall–Kier alpha value is -3.55. The molecule has 0 unspecified atom stereocenters. The van der Waals surface area contributed by atoms with Crippen molar-refractivity contribution in [2.45, 2.75) is 20.3 Å². The molecule has 8 heteroatoms. The van der Waals surface area contributed by atoms with Gasteiger partial charge in [-0.05, 0) is 54.8 Å². The molecule has 1 N–H and O–H groups in total. The number of carbonyl (C=O) groups excluding carboxylic acids is 4. The van der Waals surface area contributed by atoms with Crippen LogP contribution in [0.4, 0.5) is 10.1 Å². The number of hydrogen-bond acceptors (Lipinski definition) is 5. The smallest absolute Gasteiger partial charge is 0.338 e. The van der Waals surface area contributed by atoms with Crippen LogP contribution in [0.25, 0.3) is 0 Å². The summed E-state index contributed by atoms with van der Waals surface area (Å²) in [7, 11) is 0. The zero-order valence-corrected chi connectivity index (χ0v) is 16.6. The molecule has 0 radical (unpaired) electrons. The highest BCUT2D eigenvalue weighted by Crippen LogP contribution is 2.29. The summed E-state index contributed by atoms with van der Waals surface area (Å²) in [6.45, 7) is 4.11. The Morgan fingerprint density at radius 1 is 1.03 bits per heavy atom. The van der Waals surface area contributed by atoms with Crippen molar-refractivity contribution in [1.29, 1.82) is 0 Å². The third-order valence-electron chi connectivity index (χ3n) is 4.59. The van der Waals surface area contributed by atoms with Gasteiger partial charge >= 0.3 is 5.97 Å². The average molecular weight is 412 g/mol. The molecule has 0 saturated heterocycles. The van der Waals surface area contributed by atoms with Crippen molar-refractivity contribution in [1.82, 2.24) is 5.32 Å². The van der Waals surface area contributed by atoms with E-state index in [0.717, 1.165) is 23.5 Å². The highest BCUT2D eigenvalue weighted by molar-refractivity contribution is 6.34. The molecule has 7 nitrogen and oxygen atoms in total.